The van der Waals surface area contributed by atoms with E-state index in [4.69, 9.17) is 11.6 Å². The summed E-state index contributed by atoms with van der Waals surface area (Å²) in [6.45, 7) is 2.70. The van der Waals surface area contributed by atoms with E-state index in [1.165, 1.54) is 6.07 Å². The number of carbonyl (C=O) groups is 1. The van der Waals surface area contributed by atoms with Gasteiger partial charge in [0, 0.05) is 18.7 Å². The first-order valence-electron chi connectivity index (χ1n) is 6.65. The average molecular weight is 298 g/mol. The monoisotopic (exact) mass is 297 g/mol. The fraction of sp³-hybridized carbons (Fsp3) is 0.538. The first kappa shape index (κ1) is 14.7. The van der Waals surface area contributed by atoms with Crippen LogP contribution >= 0.6 is 11.6 Å². The number of halogens is 1. The molecule has 1 aliphatic rings. The SMILES string of the molecule is CCCCN(C(=O)c1cc([N+](=O)[O-])cnc1Cl)C1CC1. The summed E-state index contributed by atoms with van der Waals surface area (Å²) in [6, 6.07) is 1.45. The number of nitrogens with zero attached hydrogens (tertiary/aromatic N) is 3. The zero-order valence-corrected chi connectivity index (χ0v) is 12.0. The quantitative estimate of drug-likeness (QED) is 0.459. The van der Waals surface area contributed by atoms with Crippen molar-refractivity contribution in [2.24, 2.45) is 0 Å². The fourth-order valence-corrected chi connectivity index (χ4v) is 2.19. The lowest BCUT2D eigenvalue weighted by Gasteiger charge is -2.22. The summed E-state index contributed by atoms with van der Waals surface area (Å²) in [5, 5.41) is 10.8. The largest absolute Gasteiger partial charge is 0.336 e. The molecule has 1 amide bonds. The van der Waals surface area contributed by atoms with Crippen molar-refractivity contribution in [2.75, 3.05) is 6.54 Å². The number of nitro groups is 1. The summed E-state index contributed by atoms with van der Waals surface area (Å²) in [4.78, 5) is 28.2. The molecular formula is C13H16ClN3O3. The molecule has 0 saturated heterocycles. The minimum Gasteiger partial charge on any atom is -0.336 e. The molecule has 1 aliphatic carbocycles. The molecule has 0 aliphatic heterocycles. The molecule has 1 aromatic rings. The van der Waals surface area contributed by atoms with Crippen LogP contribution < -0.4 is 0 Å². The van der Waals surface area contributed by atoms with Gasteiger partial charge in [0.25, 0.3) is 11.6 Å². The lowest BCUT2D eigenvalue weighted by atomic mass is 10.2. The molecule has 2 rings (SSSR count). The Hall–Kier alpha value is -1.69. The third kappa shape index (κ3) is 3.25. The van der Waals surface area contributed by atoms with E-state index in [1.807, 2.05) is 0 Å². The number of carbonyl (C=O) groups excluding carboxylic acids is 1. The lowest BCUT2D eigenvalue weighted by Crippen LogP contribution is -2.34. The van der Waals surface area contributed by atoms with Gasteiger partial charge in [0.1, 0.15) is 11.3 Å². The van der Waals surface area contributed by atoms with Crippen LogP contribution in [-0.4, -0.2) is 33.3 Å². The second kappa shape index (κ2) is 6.17. The van der Waals surface area contributed by atoms with Gasteiger partial charge in [0.05, 0.1) is 10.5 Å². The van der Waals surface area contributed by atoms with Crippen molar-refractivity contribution in [3.05, 3.63) is 33.1 Å². The molecule has 1 saturated carbocycles. The first-order valence-corrected chi connectivity index (χ1v) is 7.03. The molecule has 20 heavy (non-hydrogen) atoms. The van der Waals surface area contributed by atoms with E-state index in [2.05, 4.69) is 11.9 Å². The summed E-state index contributed by atoms with van der Waals surface area (Å²) < 4.78 is 0. The summed E-state index contributed by atoms with van der Waals surface area (Å²) >= 11 is 5.92. The Morgan fingerprint density at radius 1 is 1.60 bits per heavy atom. The standard InChI is InChI=1S/C13H16ClN3O3/c1-2-3-6-16(9-4-5-9)13(18)11-7-10(17(19)20)8-15-12(11)14/h7-9H,2-6H2,1H3. The van der Waals surface area contributed by atoms with Crippen molar-refractivity contribution in [1.29, 1.82) is 0 Å². The normalized spacial score (nSPS) is 14.1. The zero-order valence-electron chi connectivity index (χ0n) is 11.2. The van der Waals surface area contributed by atoms with Crippen LogP contribution in [0, 0.1) is 10.1 Å². The van der Waals surface area contributed by atoms with E-state index in [-0.39, 0.29) is 28.4 Å². The Morgan fingerprint density at radius 3 is 2.85 bits per heavy atom. The van der Waals surface area contributed by atoms with Crippen molar-refractivity contribution >= 4 is 23.2 Å². The summed E-state index contributed by atoms with van der Waals surface area (Å²) in [5.74, 6) is -0.262. The highest BCUT2D eigenvalue weighted by Crippen LogP contribution is 2.30. The van der Waals surface area contributed by atoms with Crippen LogP contribution in [0.5, 0.6) is 0 Å². The second-order valence-electron chi connectivity index (χ2n) is 4.87. The molecule has 1 aromatic heterocycles. The Balaban J connectivity index is 2.25. The number of rotatable bonds is 6. The van der Waals surface area contributed by atoms with Gasteiger partial charge in [0.15, 0.2) is 0 Å². The number of amides is 1. The number of hydrogen-bond donors (Lipinski definition) is 0. The van der Waals surface area contributed by atoms with E-state index < -0.39 is 4.92 Å². The van der Waals surface area contributed by atoms with Crippen molar-refractivity contribution in [1.82, 2.24) is 9.88 Å². The molecule has 0 spiro atoms. The van der Waals surface area contributed by atoms with Crippen LogP contribution in [-0.2, 0) is 0 Å². The fourth-order valence-electron chi connectivity index (χ4n) is 2.01. The predicted molar refractivity (Wildman–Crippen MR) is 74.9 cm³/mol. The van der Waals surface area contributed by atoms with Gasteiger partial charge in [-0.1, -0.05) is 24.9 Å². The zero-order chi connectivity index (χ0) is 14.7. The van der Waals surface area contributed by atoms with Crippen LogP contribution in [0.2, 0.25) is 5.15 Å². The molecule has 0 N–H and O–H groups in total. The van der Waals surface area contributed by atoms with Crippen molar-refractivity contribution in [3.63, 3.8) is 0 Å². The van der Waals surface area contributed by atoms with Crippen molar-refractivity contribution in [3.8, 4) is 0 Å². The van der Waals surface area contributed by atoms with Crippen LogP contribution in [0.4, 0.5) is 5.69 Å². The number of hydrogen-bond acceptors (Lipinski definition) is 4. The Bertz CT molecular complexity index is 532. The molecule has 0 aromatic carbocycles. The lowest BCUT2D eigenvalue weighted by molar-refractivity contribution is -0.385. The summed E-state index contributed by atoms with van der Waals surface area (Å²) in [5.41, 5.74) is -0.104. The molecule has 0 bridgehead atoms. The highest BCUT2D eigenvalue weighted by Gasteiger charge is 2.34. The maximum atomic E-state index is 12.5. The van der Waals surface area contributed by atoms with E-state index in [0.29, 0.717) is 6.54 Å². The molecule has 0 atom stereocenters. The smallest absolute Gasteiger partial charge is 0.288 e. The minimum absolute atomic E-state index is 0.0164. The van der Waals surface area contributed by atoms with E-state index in [9.17, 15) is 14.9 Å². The predicted octanol–water partition coefficient (Wildman–Crippen LogP) is 3.05. The van der Waals surface area contributed by atoms with Crippen LogP contribution in [0.25, 0.3) is 0 Å². The third-order valence-electron chi connectivity index (χ3n) is 3.27. The Kier molecular flexibility index (Phi) is 4.54. The highest BCUT2D eigenvalue weighted by molar-refractivity contribution is 6.32. The molecule has 108 valence electrons. The van der Waals surface area contributed by atoms with E-state index in [1.54, 1.807) is 4.90 Å². The van der Waals surface area contributed by atoms with Gasteiger partial charge in [0.2, 0.25) is 0 Å². The van der Waals surface area contributed by atoms with E-state index >= 15 is 0 Å². The second-order valence-corrected chi connectivity index (χ2v) is 5.23. The Morgan fingerprint density at radius 2 is 2.30 bits per heavy atom. The minimum atomic E-state index is -0.576. The molecular weight excluding hydrogens is 282 g/mol. The van der Waals surface area contributed by atoms with Crippen LogP contribution in [0.3, 0.4) is 0 Å². The van der Waals surface area contributed by atoms with Gasteiger partial charge in [-0.25, -0.2) is 4.98 Å². The van der Waals surface area contributed by atoms with Crippen LogP contribution in [0.15, 0.2) is 12.3 Å². The molecule has 0 unspecified atom stereocenters. The maximum absolute atomic E-state index is 12.5. The number of pyridine rings is 1. The average Bonchev–Trinajstić information content (AvgIpc) is 3.23. The molecule has 1 fully saturated rings. The van der Waals surface area contributed by atoms with Gasteiger partial charge >= 0.3 is 0 Å². The molecule has 1 heterocycles. The maximum Gasteiger partial charge on any atom is 0.288 e. The molecule has 6 nitrogen and oxygen atoms in total. The van der Waals surface area contributed by atoms with Crippen LogP contribution in [0.1, 0.15) is 43.0 Å². The summed E-state index contributed by atoms with van der Waals surface area (Å²) in [6.07, 6.45) is 4.91. The van der Waals surface area contributed by atoms with Gasteiger partial charge in [-0.05, 0) is 19.3 Å². The van der Waals surface area contributed by atoms with Crippen molar-refractivity contribution < 1.29 is 9.72 Å². The number of unbranched alkanes of at least 4 members (excludes halogenated alkanes) is 1. The Labute approximate surface area is 121 Å². The number of aromatic nitrogens is 1. The topological polar surface area (TPSA) is 76.3 Å². The third-order valence-corrected chi connectivity index (χ3v) is 3.57. The van der Waals surface area contributed by atoms with Gasteiger partial charge < -0.3 is 4.90 Å². The summed E-state index contributed by atoms with van der Waals surface area (Å²) in [7, 11) is 0. The first-order chi connectivity index (χ1) is 9.54. The van der Waals surface area contributed by atoms with Gasteiger partial charge in [-0.3, -0.25) is 14.9 Å². The van der Waals surface area contributed by atoms with Crippen molar-refractivity contribution in [2.45, 2.75) is 38.6 Å². The van der Waals surface area contributed by atoms with Gasteiger partial charge in [-0.15, -0.1) is 0 Å². The van der Waals surface area contributed by atoms with Gasteiger partial charge in [-0.2, -0.15) is 0 Å². The highest BCUT2D eigenvalue weighted by atomic mass is 35.5. The molecule has 0 radical (unpaired) electrons. The van der Waals surface area contributed by atoms with E-state index in [0.717, 1.165) is 31.9 Å². The molecule has 7 heteroatoms.